The van der Waals surface area contributed by atoms with Crippen LogP contribution in [0, 0.1) is 11.8 Å². The van der Waals surface area contributed by atoms with Gasteiger partial charge in [0.15, 0.2) is 0 Å². The molecule has 1 aromatic carbocycles. The molecule has 0 bridgehead atoms. The first-order chi connectivity index (χ1) is 16.4. The van der Waals surface area contributed by atoms with Crippen molar-refractivity contribution in [3.63, 3.8) is 0 Å². The van der Waals surface area contributed by atoms with Gasteiger partial charge in [-0.2, -0.15) is 0 Å². The lowest BCUT2D eigenvalue weighted by molar-refractivity contribution is -0.0563. The van der Waals surface area contributed by atoms with Crippen LogP contribution in [0.2, 0.25) is 5.02 Å². The first-order valence-electron chi connectivity index (χ1n) is 13.2. The third-order valence-corrected chi connectivity index (χ3v) is 7.98. The van der Waals surface area contributed by atoms with E-state index >= 15 is 0 Å². The molecule has 1 heterocycles. The molecule has 1 aliphatic carbocycles. The van der Waals surface area contributed by atoms with Gasteiger partial charge < -0.3 is 25.8 Å². The number of nitrogens with one attached hydrogen (secondary N) is 1. The van der Waals surface area contributed by atoms with E-state index in [1.54, 1.807) is 7.11 Å². The van der Waals surface area contributed by atoms with E-state index in [1.807, 2.05) is 29.2 Å². The van der Waals surface area contributed by atoms with E-state index in [1.165, 1.54) is 32.1 Å². The van der Waals surface area contributed by atoms with Crippen LogP contribution in [0.1, 0.15) is 76.2 Å². The number of ether oxygens (including phenoxy) is 1. The van der Waals surface area contributed by atoms with Crippen LogP contribution in [-0.4, -0.2) is 55.4 Å². The fourth-order valence-corrected chi connectivity index (χ4v) is 5.99. The molecule has 1 saturated heterocycles. The largest absolute Gasteiger partial charge is 0.385 e. The van der Waals surface area contributed by atoms with Crippen molar-refractivity contribution >= 4 is 17.6 Å². The summed E-state index contributed by atoms with van der Waals surface area (Å²) in [6, 6.07) is 7.45. The van der Waals surface area contributed by atoms with Gasteiger partial charge in [-0.1, -0.05) is 55.8 Å². The normalized spacial score (nSPS) is 22.2. The Labute approximate surface area is 210 Å². The van der Waals surface area contributed by atoms with Crippen LogP contribution in [0.4, 0.5) is 4.79 Å². The smallest absolute Gasteiger partial charge is 0.317 e. The van der Waals surface area contributed by atoms with Gasteiger partial charge in [-0.25, -0.2) is 4.79 Å². The highest BCUT2D eigenvalue weighted by Gasteiger charge is 2.41. The van der Waals surface area contributed by atoms with E-state index in [9.17, 15) is 9.90 Å². The van der Waals surface area contributed by atoms with Crippen LogP contribution in [0.15, 0.2) is 24.3 Å². The average molecular weight is 494 g/mol. The summed E-state index contributed by atoms with van der Waals surface area (Å²) in [6.07, 6.45) is 11.5. The number of rotatable bonds is 11. The molecular weight excluding hydrogens is 450 g/mol. The number of hydrogen-bond donors (Lipinski definition) is 3. The number of benzene rings is 1. The van der Waals surface area contributed by atoms with Crippen LogP contribution >= 0.6 is 11.6 Å². The fraction of sp³-hybridized carbons (Fsp3) is 0.741. The third-order valence-electron chi connectivity index (χ3n) is 7.74. The molecule has 2 aliphatic rings. The molecule has 34 heavy (non-hydrogen) atoms. The number of hydrogen-bond acceptors (Lipinski definition) is 4. The Balaban J connectivity index is 1.59. The van der Waals surface area contributed by atoms with Gasteiger partial charge in [0.1, 0.15) is 0 Å². The second-order valence-electron chi connectivity index (χ2n) is 10.4. The number of carbonyl (C=O) groups is 1. The summed E-state index contributed by atoms with van der Waals surface area (Å²) in [6.45, 7) is 2.41. The number of piperidine rings is 1. The zero-order valence-corrected chi connectivity index (χ0v) is 21.6. The van der Waals surface area contributed by atoms with Crippen molar-refractivity contribution in [3.8, 4) is 0 Å². The van der Waals surface area contributed by atoms with Crippen molar-refractivity contribution in [2.75, 3.05) is 33.4 Å². The highest BCUT2D eigenvalue weighted by atomic mass is 35.5. The number of unbranched alkanes of at least 4 members (excludes halogenated alkanes) is 1. The number of halogens is 1. The van der Waals surface area contributed by atoms with Gasteiger partial charge in [-0.15, -0.1) is 0 Å². The summed E-state index contributed by atoms with van der Waals surface area (Å²) in [7, 11) is 1.70. The maximum absolute atomic E-state index is 13.0. The lowest BCUT2D eigenvalue weighted by atomic mass is 9.74. The van der Waals surface area contributed by atoms with Crippen LogP contribution in [0.5, 0.6) is 0 Å². The van der Waals surface area contributed by atoms with Gasteiger partial charge in [-0.3, -0.25) is 0 Å². The van der Waals surface area contributed by atoms with Gasteiger partial charge in [0.05, 0.1) is 5.60 Å². The molecule has 1 aliphatic heterocycles. The Bertz CT molecular complexity index is 758. The number of nitrogens with zero attached hydrogens (tertiary/aromatic N) is 1. The predicted molar refractivity (Wildman–Crippen MR) is 138 cm³/mol. The summed E-state index contributed by atoms with van der Waals surface area (Å²) in [5.74, 6) is 0.648. The molecule has 0 aromatic heterocycles. The van der Waals surface area contributed by atoms with Crippen molar-refractivity contribution in [1.82, 2.24) is 10.2 Å². The topological polar surface area (TPSA) is 87.8 Å². The molecule has 192 valence electrons. The van der Waals surface area contributed by atoms with Crippen molar-refractivity contribution in [3.05, 3.63) is 34.9 Å². The molecule has 4 N–H and O–H groups in total. The molecule has 0 unspecified atom stereocenters. The number of aliphatic hydroxyl groups is 1. The molecule has 7 heteroatoms. The lowest BCUT2D eigenvalue weighted by Gasteiger charge is -2.43. The first-order valence-corrected chi connectivity index (χ1v) is 13.6. The van der Waals surface area contributed by atoms with Gasteiger partial charge >= 0.3 is 6.03 Å². The van der Waals surface area contributed by atoms with Crippen LogP contribution in [0.25, 0.3) is 0 Å². The quantitative estimate of drug-likeness (QED) is 0.376. The molecule has 0 spiro atoms. The Hall–Kier alpha value is -1.34. The number of nitrogens with two attached hydrogens (primary N) is 1. The highest BCUT2D eigenvalue weighted by Crippen LogP contribution is 2.40. The van der Waals surface area contributed by atoms with Crippen LogP contribution in [0.3, 0.4) is 0 Å². The van der Waals surface area contributed by atoms with E-state index in [0.717, 1.165) is 37.7 Å². The summed E-state index contributed by atoms with van der Waals surface area (Å²) in [5.41, 5.74) is 6.15. The molecule has 1 saturated carbocycles. The Morgan fingerprint density at radius 2 is 2.06 bits per heavy atom. The molecule has 2 amide bonds. The Morgan fingerprint density at radius 1 is 1.26 bits per heavy atom. The Kier molecular flexibility index (Phi) is 11.0. The van der Waals surface area contributed by atoms with Crippen molar-refractivity contribution in [2.45, 2.75) is 82.3 Å². The molecule has 6 nitrogen and oxygen atoms in total. The second-order valence-corrected chi connectivity index (χ2v) is 10.8. The summed E-state index contributed by atoms with van der Waals surface area (Å²) >= 11 is 6.28. The zero-order chi connectivity index (χ0) is 24.4. The van der Waals surface area contributed by atoms with E-state index in [4.69, 9.17) is 22.1 Å². The summed E-state index contributed by atoms with van der Waals surface area (Å²) in [5, 5.41) is 15.6. The van der Waals surface area contributed by atoms with Gasteiger partial charge in [0.25, 0.3) is 0 Å². The minimum absolute atomic E-state index is 0.00295. The highest BCUT2D eigenvalue weighted by molar-refractivity contribution is 6.30. The number of amides is 2. The monoisotopic (exact) mass is 493 g/mol. The molecular formula is C27H44ClN3O3. The van der Waals surface area contributed by atoms with E-state index in [2.05, 4.69) is 5.32 Å². The number of urea groups is 1. The third kappa shape index (κ3) is 7.84. The van der Waals surface area contributed by atoms with Gasteiger partial charge in [0.2, 0.25) is 0 Å². The van der Waals surface area contributed by atoms with Crippen LogP contribution < -0.4 is 11.1 Å². The maximum Gasteiger partial charge on any atom is 0.317 e. The van der Waals surface area contributed by atoms with Crippen molar-refractivity contribution in [1.29, 1.82) is 0 Å². The minimum Gasteiger partial charge on any atom is -0.385 e. The standard InChI is InChI=1S/C27H44ClN3O3/c1-34-16-6-5-14-27(33,22-11-7-13-24(28)18-22)23-12-8-15-31(20-23)26(32)30-19-25(29)17-21-9-3-2-4-10-21/h7,11,13,18,21,23,25,33H,2-6,8-10,12,14-17,19-20,29H2,1H3,(H,30,32)/t23-,25+,27-/m1/s1. The fourth-order valence-electron chi connectivity index (χ4n) is 5.80. The molecule has 1 aromatic rings. The zero-order valence-electron chi connectivity index (χ0n) is 20.8. The summed E-state index contributed by atoms with van der Waals surface area (Å²) < 4.78 is 5.20. The van der Waals surface area contributed by atoms with E-state index in [-0.39, 0.29) is 18.0 Å². The number of methoxy groups -OCH3 is 1. The van der Waals surface area contributed by atoms with Crippen LogP contribution in [-0.2, 0) is 10.3 Å². The van der Waals surface area contributed by atoms with Gasteiger partial charge in [-0.05, 0) is 62.1 Å². The second kappa shape index (κ2) is 13.7. The molecule has 0 radical (unpaired) electrons. The Morgan fingerprint density at radius 3 is 2.79 bits per heavy atom. The van der Waals surface area contributed by atoms with E-state index < -0.39 is 5.60 Å². The number of carbonyl (C=O) groups excluding carboxylic acids is 1. The van der Waals surface area contributed by atoms with Crippen molar-refractivity contribution < 1.29 is 14.6 Å². The molecule has 3 atom stereocenters. The van der Waals surface area contributed by atoms with Gasteiger partial charge in [0, 0.05) is 50.3 Å². The van der Waals surface area contributed by atoms with E-state index in [0.29, 0.717) is 43.6 Å². The minimum atomic E-state index is -1.03. The first kappa shape index (κ1) is 27.3. The maximum atomic E-state index is 13.0. The van der Waals surface area contributed by atoms with Crippen molar-refractivity contribution in [2.24, 2.45) is 17.6 Å². The molecule has 2 fully saturated rings. The predicted octanol–water partition coefficient (Wildman–Crippen LogP) is 5.06. The number of likely N-dealkylation sites (tertiary alicyclic amines) is 1. The SMILES string of the molecule is COCCCC[C@@](O)(c1cccc(Cl)c1)[C@@H]1CCCN(C(=O)NC[C@@H](N)CC2CCCCC2)C1. The average Bonchev–Trinajstić information content (AvgIpc) is 2.86. The molecule has 3 rings (SSSR count). The lowest BCUT2D eigenvalue weighted by Crippen LogP contribution is -2.52. The summed E-state index contributed by atoms with van der Waals surface area (Å²) in [4.78, 5) is 14.9.